The molecule has 26 nitrogen and oxygen atoms in total. The molecule has 0 saturated heterocycles. The number of halogens is 3. The number of hydrogen-bond donors (Lipinski definition) is 0. The van der Waals surface area contributed by atoms with Crippen molar-refractivity contribution in [3.05, 3.63) is 210 Å². The van der Waals surface area contributed by atoms with E-state index in [2.05, 4.69) is 22.8 Å². The van der Waals surface area contributed by atoms with Gasteiger partial charge < -0.3 is 58.6 Å². The van der Waals surface area contributed by atoms with Crippen LogP contribution in [0.15, 0.2) is 161 Å². The first kappa shape index (κ1) is 80.9. The third-order valence-electron chi connectivity index (χ3n) is 15.0. The van der Waals surface area contributed by atoms with E-state index in [0.717, 1.165) is 51.4 Å². The third kappa shape index (κ3) is 26.1. The number of hydroxylamine groups is 1. The molecule has 1 aliphatic carbocycles. The summed E-state index contributed by atoms with van der Waals surface area (Å²) in [6.07, 6.45) is 7.36. The average molecular weight is 1440 g/mol. The van der Waals surface area contributed by atoms with Crippen LogP contribution in [-0.4, -0.2) is 130 Å². The van der Waals surface area contributed by atoms with E-state index in [1.54, 1.807) is 174 Å². The van der Waals surface area contributed by atoms with Gasteiger partial charge in [0.2, 0.25) is 15.8 Å². The fourth-order valence-corrected chi connectivity index (χ4v) is 9.76. The largest absolute Gasteiger partial charge is 0.597 e. The van der Waals surface area contributed by atoms with Crippen molar-refractivity contribution in [2.75, 3.05) is 47.6 Å². The minimum atomic E-state index is -1.35. The Bertz CT molecular complexity index is 3710. The minimum absolute atomic E-state index is 0.155. The summed E-state index contributed by atoms with van der Waals surface area (Å²) in [4.78, 5) is 90.3. The Kier molecular flexibility index (Phi) is 32.1. The number of unbranched alkanes of at least 4 members (excludes halogenated alkanes) is 2. The molecule has 1 saturated carbocycles. The van der Waals surface area contributed by atoms with Crippen molar-refractivity contribution in [2.24, 2.45) is 21.8 Å². The van der Waals surface area contributed by atoms with Crippen molar-refractivity contribution in [1.82, 2.24) is 10.0 Å². The number of carbonyl (C=O) groups is 6. The minimum Gasteiger partial charge on any atom is -0.597 e. The Hall–Kier alpha value is -9.79. The Balaban J connectivity index is 0.000000271. The lowest BCUT2D eigenvalue weighted by molar-refractivity contribution is -0.706. The van der Waals surface area contributed by atoms with E-state index in [1.165, 1.54) is 37.7 Å². The van der Waals surface area contributed by atoms with E-state index >= 15 is 0 Å². The lowest BCUT2D eigenvalue weighted by Gasteiger charge is -2.24. The molecule has 7 rings (SSSR count). The van der Waals surface area contributed by atoms with Gasteiger partial charge >= 0.3 is 17.9 Å². The molecule has 1 unspecified atom stereocenters. The van der Waals surface area contributed by atoms with Crippen LogP contribution < -0.4 is 14.2 Å². The molecule has 0 N–H and O–H groups in total. The van der Waals surface area contributed by atoms with Crippen LogP contribution in [0.4, 0.5) is 0 Å². The molecular weight excluding hydrogens is 1360 g/mol. The molecule has 6 aromatic rings. The Morgan fingerprint density at radius 3 is 1.04 bits per heavy atom. The monoisotopic (exact) mass is 1440 g/mol. The molecule has 29 heteroatoms. The van der Waals surface area contributed by atoms with Gasteiger partial charge in [0, 0.05) is 60.8 Å². The molecule has 0 heterocycles. The van der Waals surface area contributed by atoms with Gasteiger partial charge in [0.05, 0.1) is 37.1 Å². The first-order valence-electron chi connectivity index (χ1n) is 32.1. The number of nitrogens with zero attached hydrogens (tertiary/aromatic N) is 8. The zero-order valence-corrected chi connectivity index (χ0v) is 60.0. The van der Waals surface area contributed by atoms with Crippen LogP contribution >= 0.6 is 34.8 Å². The molecule has 2 atom stereocenters. The molecule has 538 valence electrons. The maximum atomic E-state index is 12.6. The van der Waals surface area contributed by atoms with Crippen LogP contribution in [0.5, 0.6) is 17.2 Å². The summed E-state index contributed by atoms with van der Waals surface area (Å²) < 4.78 is 32.2. The van der Waals surface area contributed by atoms with Crippen molar-refractivity contribution >= 4 is 70.1 Å². The Labute approximate surface area is 596 Å². The number of carbonyl (C=O) groups excluding carboxylic acids is 6. The van der Waals surface area contributed by atoms with E-state index in [-0.39, 0.29) is 28.4 Å². The second-order valence-electron chi connectivity index (χ2n) is 24.1. The molecule has 0 aliphatic heterocycles. The summed E-state index contributed by atoms with van der Waals surface area (Å²) in [6.45, 7) is 14.7. The van der Waals surface area contributed by atoms with Gasteiger partial charge in [0.25, 0.3) is 20.4 Å². The number of ketones is 3. The normalized spacial score (nSPS) is 13.9. The number of ether oxygens (including phenoxy) is 6. The fourth-order valence-electron chi connectivity index (χ4n) is 9.38. The molecule has 1 aliphatic rings. The number of rotatable bonds is 34. The predicted molar refractivity (Wildman–Crippen MR) is 369 cm³/mol. The summed E-state index contributed by atoms with van der Waals surface area (Å²) in [5, 5.41) is 49.9. The third-order valence-corrected chi connectivity index (χ3v) is 15.8. The molecule has 0 radical (unpaired) electrons. The zero-order chi connectivity index (χ0) is 73.6. The SMILES string of the molecule is CCCCCN(C)/[N+]([O-])=N/OCOC(=O)C(C)(C)Oc1ccc(C(=O)c2ccc(Cl)cc2)cc1.CCCN(C)/[N+]([O-])=N/OCOC(=O)C(C)(C)Oc1ccc(C(=O)c2ccc(Cl)cc2)cc1.CC[C@@H]1CCCC1/[N+]([O-])=N/OCOC(=O)C(C)(C)Oc1ccc(C(=O)c2ccc(Cl)cc2)cc1. The van der Waals surface area contributed by atoms with Gasteiger partial charge in [-0.25, -0.2) is 14.4 Å². The second-order valence-corrected chi connectivity index (χ2v) is 25.5. The van der Waals surface area contributed by atoms with Gasteiger partial charge in [-0.05, 0) is 219 Å². The van der Waals surface area contributed by atoms with E-state index < -0.39 is 55.1 Å². The molecule has 6 aromatic carbocycles. The van der Waals surface area contributed by atoms with Crippen LogP contribution in [0, 0.1) is 21.5 Å². The Morgan fingerprint density at radius 1 is 0.440 bits per heavy atom. The molecule has 0 bridgehead atoms. The van der Waals surface area contributed by atoms with Crippen LogP contribution in [-0.2, 0) is 43.1 Å². The molecule has 0 amide bonds. The first-order valence-corrected chi connectivity index (χ1v) is 33.2. The number of esters is 3. The van der Waals surface area contributed by atoms with E-state index in [0.29, 0.717) is 94.5 Å². The average Bonchev–Trinajstić information content (AvgIpc) is 1.08. The first-order chi connectivity index (χ1) is 47.5. The van der Waals surface area contributed by atoms with Crippen molar-refractivity contribution in [1.29, 1.82) is 0 Å². The van der Waals surface area contributed by atoms with Gasteiger partial charge in [0.1, 0.15) is 17.2 Å². The molecule has 0 aromatic heterocycles. The smallest absolute Gasteiger partial charge is 0.352 e. The van der Waals surface area contributed by atoms with Crippen LogP contribution in [0.2, 0.25) is 15.1 Å². The predicted octanol–water partition coefficient (Wildman–Crippen LogP) is 15.2. The van der Waals surface area contributed by atoms with Gasteiger partial charge in [0.15, 0.2) is 40.2 Å². The summed E-state index contributed by atoms with van der Waals surface area (Å²) in [5.41, 5.74) is -1.09. The van der Waals surface area contributed by atoms with Crippen molar-refractivity contribution in [2.45, 2.75) is 137 Å². The Morgan fingerprint density at radius 2 is 0.740 bits per heavy atom. The quantitative estimate of drug-likeness (QED) is 0.00529. The fraction of sp³-hybridized carbons (Fsp3) is 0.408. The summed E-state index contributed by atoms with van der Waals surface area (Å²) in [5.74, 6) is -1.16. The van der Waals surface area contributed by atoms with Crippen molar-refractivity contribution < 1.29 is 86.5 Å². The van der Waals surface area contributed by atoms with E-state index in [4.69, 9.17) is 77.7 Å². The van der Waals surface area contributed by atoms with E-state index in [1.807, 2.05) is 13.8 Å². The summed E-state index contributed by atoms with van der Waals surface area (Å²) in [6, 6.07) is 38.8. The van der Waals surface area contributed by atoms with Gasteiger partial charge in [-0.15, -0.1) is 10.0 Å². The topological polar surface area (TPSA) is 307 Å². The van der Waals surface area contributed by atoms with Crippen LogP contribution in [0.3, 0.4) is 0 Å². The highest BCUT2D eigenvalue weighted by molar-refractivity contribution is 6.31. The maximum Gasteiger partial charge on any atom is 0.352 e. The molecule has 1 fully saturated rings. The zero-order valence-electron chi connectivity index (χ0n) is 57.8. The summed E-state index contributed by atoms with van der Waals surface area (Å²) in [7, 11) is 3.15. The van der Waals surface area contributed by atoms with Crippen LogP contribution in [0.25, 0.3) is 0 Å². The van der Waals surface area contributed by atoms with Gasteiger partial charge in [-0.1, -0.05) is 73.3 Å². The van der Waals surface area contributed by atoms with Gasteiger partial charge in [-0.3, -0.25) is 14.4 Å². The lowest BCUT2D eigenvalue weighted by Crippen LogP contribution is -2.40. The number of hydrazine groups is 2. The maximum absolute atomic E-state index is 12.6. The highest BCUT2D eigenvalue weighted by Crippen LogP contribution is 2.31. The van der Waals surface area contributed by atoms with Crippen LogP contribution in [0.1, 0.15) is 161 Å². The standard InChI is InChI=1S/C25H29ClN2O6.C24H30ClN3O6.C22H26ClN3O6/c1-4-17-6-5-7-22(17)28(31)27-33-16-32-24(30)25(2,3)34-21-14-10-19(11-15-21)23(29)18-8-12-20(26)13-9-18;1-5-6-7-16-27(4)28(31)26-33-17-32-23(30)24(2,3)34-21-14-10-19(11-15-21)22(29)18-8-12-20(25)13-9-18;1-5-14-25(4)26(29)24-31-15-30-21(28)22(2,3)32-19-12-8-17(9-13-19)20(27)16-6-10-18(23)11-7-16/h8-15,17,22H,4-7,16H2,1-3H3;8-15H,5-7,16-17H2,1-4H3;6-13H,5,14-15H2,1-4H3/b28-27-;28-26-;26-24-/t17-,22?;;/m1../s1. The second kappa shape index (κ2) is 39.7. The number of hydrogen-bond acceptors (Lipinski definition) is 21. The molecule has 0 spiro atoms. The van der Waals surface area contributed by atoms with Gasteiger partial charge in [-0.2, -0.15) is 0 Å². The summed E-state index contributed by atoms with van der Waals surface area (Å²) >= 11 is 17.6. The molecular formula is C71H85Cl3N8O18. The number of benzene rings is 6. The van der Waals surface area contributed by atoms with E-state index in [9.17, 15) is 44.4 Å². The highest BCUT2D eigenvalue weighted by atomic mass is 35.5. The highest BCUT2D eigenvalue weighted by Gasteiger charge is 2.36. The van der Waals surface area contributed by atoms with Crippen molar-refractivity contribution in [3.8, 4) is 17.2 Å². The molecule has 100 heavy (non-hydrogen) atoms. The van der Waals surface area contributed by atoms with Crippen molar-refractivity contribution in [3.63, 3.8) is 0 Å². The lowest BCUT2D eigenvalue weighted by atomic mass is 10.0.